The molecule has 0 aromatic heterocycles. The first kappa shape index (κ1) is 18.0. The van der Waals surface area contributed by atoms with Crippen LogP contribution in [0, 0.1) is 0 Å². The van der Waals surface area contributed by atoms with Gasteiger partial charge in [-0.15, -0.1) is 0 Å². The lowest BCUT2D eigenvalue weighted by atomic mass is 10.1. The number of benzene rings is 2. The quantitative estimate of drug-likeness (QED) is 0.824. The van der Waals surface area contributed by atoms with Crippen LogP contribution in [0.15, 0.2) is 54.6 Å². The Bertz CT molecular complexity index is 776. The van der Waals surface area contributed by atoms with E-state index in [1.54, 1.807) is 42.5 Å². The topological polar surface area (TPSA) is 49.4 Å². The van der Waals surface area contributed by atoms with Crippen molar-refractivity contribution in [3.05, 3.63) is 71.3 Å². The lowest BCUT2D eigenvalue weighted by molar-refractivity contribution is 0.0535. The molecule has 0 atom stereocenters. The van der Waals surface area contributed by atoms with Gasteiger partial charge < -0.3 is 10.2 Å². The number of alkyl halides is 2. The Balaban J connectivity index is 1.77. The van der Waals surface area contributed by atoms with Crippen molar-refractivity contribution in [1.82, 2.24) is 10.2 Å². The standard InChI is InChI=1S/C20H20F2N2O2/c21-18(22)13-24(12-14-5-2-1-3-6-14)20(26)16-8-4-7-15(11-16)19(25)23-17-9-10-17/h1-8,11,17-18H,9-10,12-13H2,(H,23,25). The molecule has 2 aromatic carbocycles. The van der Waals surface area contributed by atoms with Crippen LogP contribution in [0.3, 0.4) is 0 Å². The van der Waals surface area contributed by atoms with Crippen molar-refractivity contribution < 1.29 is 18.4 Å². The third-order valence-corrected chi connectivity index (χ3v) is 4.15. The average molecular weight is 358 g/mol. The van der Waals surface area contributed by atoms with Gasteiger partial charge in [0.2, 0.25) is 0 Å². The molecule has 0 heterocycles. The Morgan fingerprint density at radius 2 is 1.73 bits per heavy atom. The van der Waals surface area contributed by atoms with E-state index in [1.807, 2.05) is 6.07 Å². The van der Waals surface area contributed by atoms with Gasteiger partial charge in [0.15, 0.2) is 0 Å². The van der Waals surface area contributed by atoms with E-state index in [0.717, 1.165) is 23.3 Å². The van der Waals surface area contributed by atoms with E-state index in [2.05, 4.69) is 5.32 Å². The maximum Gasteiger partial charge on any atom is 0.255 e. The molecule has 136 valence electrons. The van der Waals surface area contributed by atoms with Gasteiger partial charge in [-0.1, -0.05) is 36.4 Å². The van der Waals surface area contributed by atoms with Gasteiger partial charge in [0, 0.05) is 23.7 Å². The largest absolute Gasteiger partial charge is 0.349 e. The van der Waals surface area contributed by atoms with Crippen LogP contribution in [0.25, 0.3) is 0 Å². The molecule has 26 heavy (non-hydrogen) atoms. The van der Waals surface area contributed by atoms with Gasteiger partial charge in [0.25, 0.3) is 18.2 Å². The van der Waals surface area contributed by atoms with E-state index < -0.39 is 18.9 Å². The summed E-state index contributed by atoms with van der Waals surface area (Å²) in [6.07, 6.45) is -0.711. The number of nitrogens with one attached hydrogen (secondary N) is 1. The molecule has 0 radical (unpaired) electrons. The third kappa shape index (κ3) is 4.88. The SMILES string of the molecule is O=C(NC1CC1)c1cccc(C(=O)N(Cc2ccccc2)CC(F)F)c1. The summed E-state index contributed by atoms with van der Waals surface area (Å²) in [5.74, 6) is -0.763. The van der Waals surface area contributed by atoms with E-state index in [-0.39, 0.29) is 24.1 Å². The summed E-state index contributed by atoms with van der Waals surface area (Å²) in [6, 6.07) is 15.4. The number of halogens is 2. The second kappa shape index (κ2) is 8.08. The summed E-state index contributed by atoms with van der Waals surface area (Å²) < 4.78 is 25.9. The zero-order valence-electron chi connectivity index (χ0n) is 14.2. The van der Waals surface area contributed by atoms with Crippen molar-refractivity contribution in [3.8, 4) is 0 Å². The number of nitrogens with zero attached hydrogens (tertiary/aromatic N) is 1. The molecule has 1 aliphatic rings. The maximum absolute atomic E-state index is 13.0. The Morgan fingerprint density at radius 3 is 2.38 bits per heavy atom. The Kier molecular flexibility index (Phi) is 5.61. The molecule has 0 spiro atoms. The van der Waals surface area contributed by atoms with Crippen molar-refractivity contribution in [2.75, 3.05) is 6.54 Å². The zero-order valence-corrected chi connectivity index (χ0v) is 14.2. The fourth-order valence-corrected chi connectivity index (χ4v) is 2.66. The van der Waals surface area contributed by atoms with Crippen LogP contribution in [0.4, 0.5) is 8.78 Å². The van der Waals surface area contributed by atoms with Crippen molar-refractivity contribution in [2.24, 2.45) is 0 Å². The Hall–Kier alpha value is -2.76. The minimum Gasteiger partial charge on any atom is -0.349 e. The molecule has 1 aliphatic carbocycles. The molecule has 0 bridgehead atoms. The summed E-state index contributed by atoms with van der Waals surface area (Å²) in [6.45, 7) is -0.575. The first-order valence-electron chi connectivity index (χ1n) is 8.55. The molecular weight excluding hydrogens is 338 g/mol. The van der Waals surface area contributed by atoms with Crippen LogP contribution in [0.1, 0.15) is 39.1 Å². The minimum absolute atomic E-state index is 0.0858. The van der Waals surface area contributed by atoms with Crippen LogP contribution in [-0.2, 0) is 6.54 Å². The molecule has 0 unspecified atom stereocenters. The van der Waals surface area contributed by atoms with Gasteiger partial charge in [-0.3, -0.25) is 9.59 Å². The molecular formula is C20H20F2N2O2. The second-order valence-corrected chi connectivity index (χ2v) is 6.39. The fourth-order valence-electron chi connectivity index (χ4n) is 2.66. The van der Waals surface area contributed by atoms with Gasteiger partial charge in [-0.25, -0.2) is 8.78 Å². The molecule has 0 aliphatic heterocycles. The predicted octanol–water partition coefficient (Wildman–Crippen LogP) is 3.49. The number of carbonyl (C=O) groups is 2. The van der Waals surface area contributed by atoms with Crippen molar-refractivity contribution in [2.45, 2.75) is 31.9 Å². The minimum atomic E-state index is -2.64. The monoisotopic (exact) mass is 358 g/mol. The molecule has 3 rings (SSSR count). The van der Waals surface area contributed by atoms with E-state index in [0.29, 0.717) is 5.56 Å². The highest BCUT2D eigenvalue weighted by atomic mass is 19.3. The Morgan fingerprint density at radius 1 is 1.04 bits per heavy atom. The molecule has 0 saturated heterocycles. The smallest absolute Gasteiger partial charge is 0.255 e. The molecule has 1 fully saturated rings. The Labute approximate surface area is 150 Å². The lowest BCUT2D eigenvalue weighted by Crippen LogP contribution is -2.35. The number of hydrogen-bond donors (Lipinski definition) is 1. The van der Waals surface area contributed by atoms with E-state index >= 15 is 0 Å². The highest BCUT2D eigenvalue weighted by molar-refractivity contribution is 5.99. The summed E-state index contributed by atoms with van der Waals surface area (Å²) in [4.78, 5) is 26.0. The first-order valence-corrected chi connectivity index (χ1v) is 8.55. The van der Waals surface area contributed by atoms with Gasteiger partial charge in [-0.05, 0) is 36.6 Å². The summed E-state index contributed by atoms with van der Waals surface area (Å²) in [7, 11) is 0. The van der Waals surface area contributed by atoms with Crippen LogP contribution in [-0.4, -0.2) is 35.7 Å². The number of hydrogen-bond acceptors (Lipinski definition) is 2. The van der Waals surface area contributed by atoms with Gasteiger partial charge >= 0.3 is 0 Å². The van der Waals surface area contributed by atoms with Crippen LogP contribution in [0.5, 0.6) is 0 Å². The third-order valence-electron chi connectivity index (χ3n) is 4.15. The van der Waals surface area contributed by atoms with Gasteiger partial charge in [0.05, 0.1) is 6.54 Å². The highest BCUT2D eigenvalue weighted by Crippen LogP contribution is 2.20. The summed E-state index contributed by atoms with van der Waals surface area (Å²) in [5.41, 5.74) is 1.36. The first-order chi connectivity index (χ1) is 12.5. The fraction of sp³-hybridized carbons (Fsp3) is 0.300. The molecule has 1 saturated carbocycles. The van der Waals surface area contributed by atoms with Crippen LogP contribution < -0.4 is 5.32 Å². The van der Waals surface area contributed by atoms with Gasteiger partial charge in [-0.2, -0.15) is 0 Å². The van der Waals surface area contributed by atoms with E-state index in [4.69, 9.17) is 0 Å². The number of carbonyl (C=O) groups excluding carboxylic acids is 2. The van der Waals surface area contributed by atoms with Crippen molar-refractivity contribution in [3.63, 3.8) is 0 Å². The predicted molar refractivity (Wildman–Crippen MR) is 94.1 cm³/mol. The van der Waals surface area contributed by atoms with Crippen molar-refractivity contribution >= 4 is 11.8 Å². The number of amides is 2. The van der Waals surface area contributed by atoms with E-state index in [1.165, 1.54) is 6.07 Å². The normalized spacial score (nSPS) is 13.5. The molecule has 6 heteroatoms. The van der Waals surface area contributed by atoms with Crippen LogP contribution >= 0.6 is 0 Å². The molecule has 2 amide bonds. The maximum atomic E-state index is 13.0. The van der Waals surface area contributed by atoms with Gasteiger partial charge in [0.1, 0.15) is 0 Å². The summed E-state index contributed by atoms with van der Waals surface area (Å²) in [5, 5.41) is 2.85. The average Bonchev–Trinajstić information content (AvgIpc) is 3.45. The lowest BCUT2D eigenvalue weighted by Gasteiger charge is -2.23. The molecule has 1 N–H and O–H groups in total. The number of rotatable bonds is 7. The zero-order chi connectivity index (χ0) is 18.5. The molecule has 4 nitrogen and oxygen atoms in total. The molecule has 2 aromatic rings. The highest BCUT2D eigenvalue weighted by Gasteiger charge is 2.25. The van der Waals surface area contributed by atoms with Crippen LogP contribution in [0.2, 0.25) is 0 Å². The van der Waals surface area contributed by atoms with E-state index in [9.17, 15) is 18.4 Å². The summed E-state index contributed by atoms with van der Waals surface area (Å²) >= 11 is 0. The van der Waals surface area contributed by atoms with Crippen molar-refractivity contribution in [1.29, 1.82) is 0 Å². The second-order valence-electron chi connectivity index (χ2n) is 6.39.